The van der Waals surface area contributed by atoms with Crippen LogP contribution in [0.2, 0.25) is 0 Å². The number of ether oxygens (including phenoxy) is 6. The standard InChI is InChI=1S/2C17H21NO4.C14H23NO4.C13H18N2O3S.C12H20N2O3.C10H13N3O3/c2*1-13(19)18-15(12-14-8-4-3-5-9-14)16(20)10-6-7-11-17(21)22-2;1-10(2)9-12(15-11(3)16)13(17)7-5-6-8-14(18)19-4;1-18-12(16)5-2-8-15-13(17)10(6-7-14)11-4-3-9-19-11;1-14-8-4-5-10(9-14)12(16)13-7-3-6-11(15)17-2;1-7-6-8(13-12-7)10(15)11-5-3-4-9(14)16-2/h2*3-5,7-9,11,15H,6,10,12H2,1-2H3,(H,18,19);6,8,10,12H,5,7,9H2,1-4H3,(H,15,16);2-5,9-10H,6-8,14H2,1H3,(H,15,17);3,6,10H,4-5,7-9H2,1-2H3,(H,13,16);3-4,6H,5H2,1-2H3,(H,11,15)(H,12,13)/b2*11-7+;8-6+;5-2+;6-3+;4-3+/t2*15-;12-;;;/m100.../s1. The lowest BCUT2D eigenvalue weighted by Crippen LogP contribution is -2.41. The van der Waals surface area contributed by atoms with Gasteiger partial charge in [-0.3, -0.25) is 48.2 Å². The minimum absolute atomic E-state index is 0.0154. The number of H-pyrrole nitrogens is 1. The molecule has 630 valence electrons. The number of methoxy groups -OCH3 is 6. The highest BCUT2D eigenvalue weighted by molar-refractivity contribution is 7.10. The Hall–Kier alpha value is -11.6. The van der Waals surface area contributed by atoms with Gasteiger partial charge in [-0.05, 0) is 119 Å². The molecular weight excluding hydrogens is 1510 g/mol. The van der Waals surface area contributed by atoms with Crippen LogP contribution in [0, 0.1) is 18.8 Å². The Morgan fingerprint density at radius 3 is 1.29 bits per heavy atom. The van der Waals surface area contributed by atoms with Gasteiger partial charge in [0, 0.05) is 113 Å². The zero-order valence-corrected chi connectivity index (χ0v) is 69.0. The molecule has 32 heteroatoms. The molecule has 1 aliphatic rings. The second-order valence-electron chi connectivity index (χ2n) is 25.7. The highest BCUT2D eigenvalue weighted by Crippen LogP contribution is 2.24. The topological polar surface area (TPSA) is 442 Å². The molecular formula is C83H116N10O21S. The average molecular weight is 1620 g/mol. The van der Waals surface area contributed by atoms with Crippen molar-refractivity contribution >= 4 is 99.9 Å². The molecule has 1 aliphatic heterocycles. The molecule has 0 spiro atoms. The SMILES string of the molecule is COC(=O)/C=C/CCC(=O)[C@@H](Cc1ccccc1)NC(C)=O.COC(=O)/C=C/CCC(=O)[C@H](CC(C)C)NC(C)=O.COC(=O)/C=C/CCC(=O)[C@H](Cc1ccccc1)NC(C)=O.COC(=O)/C=C/CNC(=O)C(CCN)c1cccs1.COC(=O)/C=C/CNC(=O)C1CCCN(C)C1.COC(=O)/C=C/CNC(=O)c1cc(C)[nH]n1. The number of thiophene rings is 1. The Labute approximate surface area is 677 Å². The van der Waals surface area contributed by atoms with Gasteiger partial charge in [0.05, 0.1) is 72.6 Å². The number of aromatic amines is 1. The molecule has 5 atom stereocenters. The van der Waals surface area contributed by atoms with Crippen LogP contribution in [0.1, 0.15) is 137 Å². The number of allylic oxidation sites excluding steroid dienone is 3. The summed E-state index contributed by atoms with van der Waals surface area (Å²) in [4.78, 5) is 173. The van der Waals surface area contributed by atoms with Gasteiger partial charge in [0.25, 0.3) is 5.91 Å². The fraction of sp³-hybridized carbons (Fsp3) is 0.446. The summed E-state index contributed by atoms with van der Waals surface area (Å²) >= 11 is 1.54. The van der Waals surface area contributed by atoms with E-state index in [0.717, 1.165) is 47.6 Å². The van der Waals surface area contributed by atoms with E-state index in [9.17, 15) is 71.9 Å². The Morgan fingerprint density at radius 2 is 0.930 bits per heavy atom. The van der Waals surface area contributed by atoms with Gasteiger partial charge in [-0.2, -0.15) is 5.10 Å². The fourth-order valence-corrected chi connectivity index (χ4v) is 10.9. The number of rotatable bonds is 39. The monoisotopic (exact) mass is 1620 g/mol. The molecule has 9 N–H and O–H groups in total. The number of piperidine rings is 1. The first kappa shape index (κ1) is 103. The summed E-state index contributed by atoms with van der Waals surface area (Å²) in [5, 5.41) is 24.5. The quantitative estimate of drug-likeness (QED) is 0.0132. The number of nitrogens with two attached hydrogens (primary N) is 1. The van der Waals surface area contributed by atoms with E-state index in [4.69, 9.17) is 5.73 Å². The number of carbonyl (C=O) groups is 15. The Balaban J connectivity index is 0.00000136. The molecule has 4 aromatic rings. The van der Waals surface area contributed by atoms with Crippen molar-refractivity contribution in [2.75, 3.05) is 89.0 Å². The highest BCUT2D eigenvalue weighted by Gasteiger charge is 2.25. The zero-order valence-electron chi connectivity index (χ0n) is 68.2. The Morgan fingerprint density at radius 1 is 0.539 bits per heavy atom. The van der Waals surface area contributed by atoms with E-state index in [1.807, 2.05) is 99.1 Å². The van der Waals surface area contributed by atoms with Crippen LogP contribution in [0.3, 0.4) is 0 Å². The predicted molar refractivity (Wildman–Crippen MR) is 435 cm³/mol. The molecule has 2 aromatic carbocycles. The van der Waals surface area contributed by atoms with Gasteiger partial charge in [-0.15, -0.1) is 11.3 Å². The van der Waals surface area contributed by atoms with Crippen molar-refractivity contribution in [3.05, 3.63) is 185 Å². The minimum atomic E-state index is -0.550. The number of hydrogen-bond acceptors (Lipinski definition) is 25. The van der Waals surface area contributed by atoms with E-state index >= 15 is 0 Å². The lowest BCUT2D eigenvalue weighted by molar-refractivity contribution is -0.135. The fourth-order valence-electron chi connectivity index (χ4n) is 10.1. The molecule has 1 fully saturated rings. The van der Waals surface area contributed by atoms with Gasteiger partial charge in [0.1, 0.15) is 5.69 Å². The first-order valence-electron chi connectivity index (χ1n) is 37.1. The number of hydrogen-bond donors (Lipinski definition) is 8. The van der Waals surface area contributed by atoms with Crippen LogP contribution in [0.5, 0.6) is 0 Å². The Bertz CT molecular complexity index is 3720. The van der Waals surface area contributed by atoms with Crippen LogP contribution in [0.4, 0.5) is 0 Å². The lowest BCUT2D eigenvalue weighted by atomic mass is 9.97. The summed E-state index contributed by atoms with van der Waals surface area (Å²) in [6.45, 7) is 13.2. The first-order valence-corrected chi connectivity index (χ1v) is 38.0. The highest BCUT2D eigenvalue weighted by atomic mass is 32.1. The van der Waals surface area contributed by atoms with Gasteiger partial charge < -0.3 is 71.0 Å². The maximum Gasteiger partial charge on any atom is 0.330 e. The number of esters is 6. The molecule has 0 saturated carbocycles. The van der Waals surface area contributed by atoms with Gasteiger partial charge >= 0.3 is 35.8 Å². The molecule has 0 radical (unpaired) electrons. The van der Waals surface area contributed by atoms with Crippen molar-refractivity contribution in [1.29, 1.82) is 0 Å². The second-order valence-corrected chi connectivity index (χ2v) is 26.7. The van der Waals surface area contributed by atoms with Crippen molar-refractivity contribution in [2.24, 2.45) is 17.6 Å². The molecule has 115 heavy (non-hydrogen) atoms. The van der Waals surface area contributed by atoms with Crippen molar-refractivity contribution in [1.82, 2.24) is 47.0 Å². The van der Waals surface area contributed by atoms with Crippen LogP contribution in [0.25, 0.3) is 0 Å². The maximum absolute atomic E-state index is 12.2. The molecule has 2 aromatic heterocycles. The van der Waals surface area contributed by atoms with Gasteiger partial charge in [0.15, 0.2) is 17.3 Å². The number of ketones is 3. The molecule has 1 saturated heterocycles. The van der Waals surface area contributed by atoms with Gasteiger partial charge in [-0.25, -0.2) is 28.8 Å². The predicted octanol–water partition coefficient (Wildman–Crippen LogP) is 6.62. The van der Waals surface area contributed by atoms with E-state index in [1.54, 1.807) is 43.4 Å². The van der Waals surface area contributed by atoms with Crippen LogP contribution in [-0.4, -0.2) is 211 Å². The van der Waals surface area contributed by atoms with Gasteiger partial charge in [-0.1, -0.05) is 117 Å². The Kier molecular flexibility index (Phi) is 57.4. The molecule has 6 amide bonds. The molecule has 0 bridgehead atoms. The van der Waals surface area contributed by atoms with E-state index in [-0.39, 0.29) is 84.0 Å². The molecule has 2 unspecified atom stereocenters. The second kappa shape index (κ2) is 63.8. The number of carbonyl (C=O) groups excluding carboxylic acids is 15. The van der Waals surface area contributed by atoms with Crippen LogP contribution < -0.4 is 37.6 Å². The number of Topliss-reactive ketones (excluding diaryl/α,β-unsaturated/α-hetero) is 3. The number of aryl methyl sites for hydroxylation is 1. The summed E-state index contributed by atoms with van der Waals surface area (Å²) in [6, 6.07) is 23.0. The maximum atomic E-state index is 12.2. The van der Waals surface area contributed by atoms with Crippen molar-refractivity contribution in [3.63, 3.8) is 0 Å². The largest absolute Gasteiger partial charge is 0.466 e. The number of aromatic nitrogens is 2. The van der Waals surface area contributed by atoms with Crippen molar-refractivity contribution in [3.8, 4) is 0 Å². The minimum Gasteiger partial charge on any atom is -0.466 e. The number of nitrogens with zero attached hydrogens (tertiary/aromatic N) is 2. The van der Waals surface area contributed by atoms with Gasteiger partial charge in [0.2, 0.25) is 29.5 Å². The number of benzene rings is 2. The molecule has 31 nitrogen and oxygen atoms in total. The van der Waals surface area contributed by atoms with Crippen molar-refractivity contribution in [2.45, 2.75) is 143 Å². The molecule has 5 rings (SSSR count). The number of amides is 6. The van der Waals surface area contributed by atoms with Crippen LogP contribution in [0.15, 0.2) is 157 Å². The molecule has 3 heterocycles. The van der Waals surface area contributed by atoms with E-state index < -0.39 is 53.9 Å². The lowest BCUT2D eigenvalue weighted by Gasteiger charge is -2.28. The van der Waals surface area contributed by atoms with E-state index in [0.29, 0.717) is 82.6 Å². The summed E-state index contributed by atoms with van der Waals surface area (Å²) < 4.78 is 26.7. The number of likely N-dealkylation sites (tertiary alicyclic amines) is 1. The molecule has 0 aliphatic carbocycles. The summed E-state index contributed by atoms with van der Waals surface area (Å²) in [5.74, 6) is -3.59. The third-order valence-electron chi connectivity index (χ3n) is 15.7. The normalized spacial score (nSPS) is 13.3. The van der Waals surface area contributed by atoms with Crippen LogP contribution in [-0.2, 0) is 108 Å². The third-order valence-corrected chi connectivity index (χ3v) is 16.7. The van der Waals surface area contributed by atoms with E-state index in [1.165, 1.54) is 117 Å². The average Bonchev–Trinajstić information content (AvgIpc) is 1.79. The summed E-state index contributed by atoms with van der Waals surface area (Å²) in [7, 11) is 9.83. The smallest absolute Gasteiger partial charge is 0.330 e. The van der Waals surface area contributed by atoms with Crippen LogP contribution >= 0.6 is 11.3 Å². The van der Waals surface area contributed by atoms with Crippen molar-refractivity contribution < 1.29 is 100 Å². The van der Waals surface area contributed by atoms with E-state index in [2.05, 4.69) is 75.4 Å². The summed E-state index contributed by atoms with van der Waals surface area (Å²) in [5.41, 5.74) is 8.65. The summed E-state index contributed by atoms with van der Waals surface area (Å²) in [6.07, 6.45) is 23.4. The zero-order chi connectivity index (χ0) is 86.3. The third kappa shape index (κ3) is 53.1. The first-order chi connectivity index (χ1) is 54.9. The number of nitrogens with one attached hydrogen (secondary N) is 7.